The molecular weight excluding hydrogens is 508 g/mol. The van der Waals surface area contributed by atoms with Gasteiger partial charge < -0.3 is 21.1 Å². The Kier molecular flexibility index (Phi) is 6.32. The molecule has 0 unspecified atom stereocenters. The van der Waals surface area contributed by atoms with Crippen LogP contribution in [0.2, 0.25) is 0 Å². The first-order valence-corrected chi connectivity index (χ1v) is 13.1. The summed E-state index contributed by atoms with van der Waals surface area (Å²) < 4.78 is 8.89. The number of carbonyl (C=O) groups excluding carboxylic acids is 1. The van der Waals surface area contributed by atoms with Crippen LogP contribution >= 0.6 is 0 Å². The number of rotatable bonds is 7. The van der Waals surface area contributed by atoms with Crippen LogP contribution in [0.5, 0.6) is 11.5 Å². The maximum atomic E-state index is 13.9. The van der Waals surface area contributed by atoms with Crippen molar-refractivity contribution in [3.05, 3.63) is 83.1 Å². The molecule has 6 rings (SSSR count). The summed E-state index contributed by atoms with van der Waals surface area (Å²) in [5.41, 5.74) is 12.8. The van der Waals surface area contributed by atoms with E-state index in [2.05, 4.69) is 9.97 Å². The van der Waals surface area contributed by atoms with E-state index >= 15 is 0 Å². The Morgan fingerprint density at radius 2 is 1.85 bits per heavy atom. The molecule has 3 heterocycles. The lowest BCUT2D eigenvalue weighted by Crippen LogP contribution is -2.41. The highest BCUT2D eigenvalue weighted by molar-refractivity contribution is 5.98. The lowest BCUT2D eigenvalue weighted by Gasteiger charge is -2.25. The van der Waals surface area contributed by atoms with Gasteiger partial charge in [-0.05, 0) is 68.2 Å². The number of para-hydroxylation sites is 1. The summed E-state index contributed by atoms with van der Waals surface area (Å²) in [6, 6.07) is 18.2. The van der Waals surface area contributed by atoms with Gasteiger partial charge in [-0.1, -0.05) is 18.2 Å². The fourth-order valence-corrected chi connectivity index (χ4v) is 5.17. The summed E-state index contributed by atoms with van der Waals surface area (Å²) in [5, 5.41) is 9.65. The van der Waals surface area contributed by atoms with Gasteiger partial charge >= 0.3 is 5.69 Å². The summed E-state index contributed by atoms with van der Waals surface area (Å²) in [4.78, 5) is 37.3. The third kappa shape index (κ3) is 4.69. The second-order valence-electron chi connectivity index (χ2n) is 10.3. The molecule has 2 fully saturated rings. The summed E-state index contributed by atoms with van der Waals surface area (Å²) >= 11 is 0. The molecule has 1 saturated carbocycles. The Balaban J connectivity index is 1.33. The number of nitrogens with two attached hydrogens (primary N) is 2. The van der Waals surface area contributed by atoms with E-state index in [1.165, 1.54) is 15.5 Å². The summed E-state index contributed by atoms with van der Waals surface area (Å²) in [7, 11) is 0. The molecule has 4 aromatic rings. The molecule has 2 aromatic carbocycles. The van der Waals surface area contributed by atoms with Crippen molar-refractivity contribution in [2.45, 2.75) is 43.8 Å². The zero-order valence-corrected chi connectivity index (χ0v) is 21.7. The molecule has 11 nitrogen and oxygen atoms in total. The predicted molar refractivity (Wildman–Crippen MR) is 149 cm³/mol. The van der Waals surface area contributed by atoms with Crippen LogP contribution in [0.15, 0.2) is 77.4 Å². The largest absolute Gasteiger partial charge is 0.457 e. The van der Waals surface area contributed by atoms with E-state index in [-0.39, 0.29) is 35.6 Å². The van der Waals surface area contributed by atoms with Crippen LogP contribution in [0.4, 0.5) is 5.82 Å². The monoisotopic (exact) mass is 536 g/mol. The number of likely N-dealkylation sites (tertiary alicyclic amines) is 1. The van der Waals surface area contributed by atoms with Crippen molar-refractivity contribution in [1.82, 2.24) is 24.0 Å². The smallest absolute Gasteiger partial charge is 0.335 e. The van der Waals surface area contributed by atoms with Crippen LogP contribution in [0.1, 0.15) is 25.7 Å². The maximum absolute atomic E-state index is 13.9. The van der Waals surface area contributed by atoms with E-state index < -0.39 is 5.54 Å². The summed E-state index contributed by atoms with van der Waals surface area (Å²) in [6.45, 7) is 0.694. The minimum Gasteiger partial charge on any atom is -0.457 e. The van der Waals surface area contributed by atoms with Gasteiger partial charge in [0.2, 0.25) is 0 Å². The van der Waals surface area contributed by atoms with Gasteiger partial charge in [0.1, 0.15) is 35.0 Å². The lowest BCUT2D eigenvalue weighted by molar-refractivity contribution is -0.127. The number of anilines is 1. The topological polar surface area (TPSA) is 158 Å². The van der Waals surface area contributed by atoms with Gasteiger partial charge in [0.05, 0.1) is 11.7 Å². The van der Waals surface area contributed by atoms with Gasteiger partial charge in [-0.15, -0.1) is 0 Å². The van der Waals surface area contributed by atoms with Gasteiger partial charge in [0.25, 0.3) is 5.91 Å². The first-order chi connectivity index (χ1) is 19.4. The quantitative estimate of drug-likeness (QED) is 0.269. The van der Waals surface area contributed by atoms with Crippen molar-refractivity contribution in [2.75, 3.05) is 12.3 Å². The van der Waals surface area contributed by atoms with Gasteiger partial charge in [0, 0.05) is 18.6 Å². The van der Waals surface area contributed by atoms with Gasteiger partial charge in [-0.25, -0.2) is 14.8 Å². The lowest BCUT2D eigenvalue weighted by atomic mass is 10.1. The molecule has 40 heavy (non-hydrogen) atoms. The highest BCUT2D eigenvalue weighted by atomic mass is 16.5. The highest BCUT2D eigenvalue weighted by Crippen LogP contribution is 2.35. The van der Waals surface area contributed by atoms with Gasteiger partial charge in [-0.2, -0.15) is 5.26 Å². The number of benzene rings is 2. The second-order valence-corrected chi connectivity index (χ2v) is 10.3. The highest BCUT2D eigenvalue weighted by Gasteiger charge is 2.39. The van der Waals surface area contributed by atoms with Crippen molar-refractivity contribution >= 4 is 22.9 Å². The SMILES string of the molecule is N#C/C(=C\C1(N)CC1)C(=O)N1CCC[C@H]1Cn1c(=O)n(-c2ccc(Oc3ccccc3)cc2)c2c(N)ncnc21. The molecule has 4 N–H and O–H groups in total. The molecule has 11 heteroatoms. The number of fused-ring (bicyclic) bond motifs is 1. The molecule has 2 aliphatic rings. The molecule has 1 aliphatic carbocycles. The Labute approximate surface area is 229 Å². The number of imidazole rings is 1. The van der Waals surface area contributed by atoms with Crippen LogP contribution in [0.25, 0.3) is 16.9 Å². The molecule has 2 aromatic heterocycles. The molecule has 202 valence electrons. The van der Waals surface area contributed by atoms with Crippen LogP contribution in [-0.4, -0.2) is 48.0 Å². The Morgan fingerprint density at radius 1 is 1.12 bits per heavy atom. The van der Waals surface area contributed by atoms with Crippen molar-refractivity contribution in [3.8, 4) is 23.3 Å². The first-order valence-electron chi connectivity index (χ1n) is 13.1. The molecule has 1 amide bonds. The van der Waals surface area contributed by atoms with Crippen LogP contribution in [0, 0.1) is 11.3 Å². The van der Waals surface area contributed by atoms with E-state index in [1.807, 2.05) is 36.4 Å². The van der Waals surface area contributed by atoms with Crippen molar-refractivity contribution in [1.29, 1.82) is 5.26 Å². The van der Waals surface area contributed by atoms with Crippen LogP contribution in [-0.2, 0) is 11.3 Å². The van der Waals surface area contributed by atoms with Crippen LogP contribution in [0.3, 0.4) is 0 Å². The maximum Gasteiger partial charge on any atom is 0.335 e. The Hall–Kier alpha value is -4.95. The summed E-state index contributed by atoms with van der Waals surface area (Å²) in [6.07, 6.45) is 5.86. The van der Waals surface area contributed by atoms with E-state index in [4.69, 9.17) is 16.2 Å². The average Bonchev–Trinajstić information content (AvgIpc) is 3.39. The first kappa shape index (κ1) is 25.3. The zero-order valence-electron chi connectivity index (χ0n) is 21.7. The van der Waals surface area contributed by atoms with Crippen LogP contribution < -0.4 is 21.9 Å². The minimum atomic E-state index is -0.573. The number of carbonyl (C=O) groups is 1. The van der Waals surface area contributed by atoms with Gasteiger partial charge in [0.15, 0.2) is 11.5 Å². The van der Waals surface area contributed by atoms with E-state index in [0.717, 1.165) is 19.3 Å². The molecule has 1 aliphatic heterocycles. The second kappa shape index (κ2) is 9.98. The molecule has 0 spiro atoms. The van der Waals surface area contributed by atoms with E-state index in [0.29, 0.717) is 41.3 Å². The number of hydrogen-bond acceptors (Lipinski definition) is 8. The van der Waals surface area contributed by atoms with Gasteiger partial charge in [-0.3, -0.25) is 13.9 Å². The third-order valence-corrected chi connectivity index (χ3v) is 7.45. The Bertz CT molecular complexity index is 1710. The Morgan fingerprint density at radius 3 is 2.55 bits per heavy atom. The fourth-order valence-electron chi connectivity index (χ4n) is 5.17. The van der Waals surface area contributed by atoms with Crippen molar-refractivity contribution in [3.63, 3.8) is 0 Å². The normalized spacial score (nSPS) is 18.1. The number of hydrogen-bond donors (Lipinski definition) is 2. The van der Waals surface area contributed by atoms with E-state index in [1.54, 1.807) is 35.2 Å². The number of ether oxygens (including phenoxy) is 1. The molecule has 1 saturated heterocycles. The summed E-state index contributed by atoms with van der Waals surface area (Å²) in [5.74, 6) is 1.12. The van der Waals surface area contributed by atoms with Crippen molar-refractivity contribution in [2.24, 2.45) is 5.73 Å². The number of nitrogens with zero attached hydrogens (tertiary/aromatic N) is 6. The molecule has 0 bridgehead atoms. The average molecular weight is 537 g/mol. The third-order valence-electron chi connectivity index (χ3n) is 7.45. The standard InChI is InChI=1S/C29H28N8O3/c30-16-19(15-29(32)12-13-29)27(38)35-14-4-5-21(35)17-36-26-24(25(31)33-18-34-26)37(28(36)39)20-8-10-23(11-9-20)40-22-6-2-1-3-7-22/h1-3,6-11,15,18,21H,4-5,12-14,17,32H2,(H2,31,33,34)/b19-15+/t21-/m0/s1. The number of amides is 1. The minimum absolute atomic E-state index is 0.0473. The molecule has 1 atom stereocenters. The number of nitrogen functional groups attached to an aromatic ring is 1. The fraction of sp³-hybridized carbons (Fsp3) is 0.276. The zero-order chi connectivity index (χ0) is 27.9. The number of aromatic nitrogens is 4. The molecular formula is C29H28N8O3. The van der Waals surface area contributed by atoms with Crippen molar-refractivity contribution < 1.29 is 9.53 Å². The molecule has 0 radical (unpaired) electrons. The number of nitriles is 1. The predicted octanol–water partition coefficient (Wildman–Crippen LogP) is 2.89. The van der Waals surface area contributed by atoms with E-state index in [9.17, 15) is 14.9 Å².